The summed E-state index contributed by atoms with van der Waals surface area (Å²) in [6.07, 6.45) is -2.35. The van der Waals surface area contributed by atoms with Crippen molar-refractivity contribution in [2.24, 2.45) is 0 Å². The highest BCUT2D eigenvalue weighted by Crippen LogP contribution is 2.26. The number of carbonyl (C=O) groups excluding carboxylic acids is 2. The number of aromatic hydroxyl groups is 1. The van der Waals surface area contributed by atoms with Crippen LogP contribution < -0.4 is 0 Å². The van der Waals surface area contributed by atoms with Gasteiger partial charge in [0.25, 0.3) is 0 Å². The molecule has 3 N–H and O–H groups in total. The summed E-state index contributed by atoms with van der Waals surface area (Å²) in [7, 11) is 0. The maximum absolute atomic E-state index is 11.1. The van der Waals surface area contributed by atoms with Gasteiger partial charge >= 0.3 is 0 Å². The van der Waals surface area contributed by atoms with Gasteiger partial charge in [-0.2, -0.15) is 0 Å². The van der Waals surface area contributed by atoms with Crippen molar-refractivity contribution in [3.8, 4) is 5.75 Å². The monoisotopic (exact) mass is 284 g/mol. The fraction of sp³-hybridized carbons (Fsp3) is 0.385. The smallest absolute Gasteiger partial charge is 0.185 e. The standard InChI is InChI=1S/C13H16O5S/c1-7(14)10-4-3-9(5-11(10)16)13(18)12(17)6-19-8(2)15/h3-5,12-13,16-18H,6H2,1-2H3. The Morgan fingerprint density at radius 1 is 1.26 bits per heavy atom. The molecule has 2 unspecified atom stereocenters. The van der Waals surface area contributed by atoms with Crippen LogP contribution in [0.15, 0.2) is 18.2 Å². The molecule has 2 atom stereocenters. The number of phenols is 1. The number of hydrogen-bond acceptors (Lipinski definition) is 6. The van der Waals surface area contributed by atoms with Crippen LogP contribution in [-0.4, -0.2) is 38.1 Å². The zero-order valence-electron chi connectivity index (χ0n) is 10.7. The number of thioether (sulfide) groups is 1. The van der Waals surface area contributed by atoms with Gasteiger partial charge in [-0.3, -0.25) is 9.59 Å². The highest BCUT2D eigenvalue weighted by Gasteiger charge is 2.20. The van der Waals surface area contributed by atoms with Crippen molar-refractivity contribution in [3.63, 3.8) is 0 Å². The van der Waals surface area contributed by atoms with Gasteiger partial charge in [0, 0.05) is 12.7 Å². The fourth-order valence-corrected chi connectivity index (χ4v) is 2.13. The molecule has 0 amide bonds. The van der Waals surface area contributed by atoms with E-state index in [9.17, 15) is 24.9 Å². The van der Waals surface area contributed by atoms with E-state index >= 15 is 0 Å². The van der Waals surface area contributed by atoms with Crippen LogP contribution in [0.2, 0.25) is 0 Å². The zero-order valence-corrected chi connectivity index (χ0v) is 11.5. The van der Waals surface area contributed by atoms with Gasteiger partial charge in [-0.05, 0) is 24.6 Å². The summed E-state index contributed by atoms with van der Waals surface area (Å²) in [5, 5.41) is 29.1. The van der Waals surface area contributed by atoms with Crippen molar-refractivity contribution in [2.45, 2.75) is 26.1 Å². The first-order chi connectivity index (χ1) is 8.82. The molecule has 0 heterocycles. The molecule has 0 spiro atoms. The summed E-state index contributed by atoms with van der Waals surface area (Å²) < 4.78 is 0. The van der Waals surface area contributed by atoms with Crippen LogP contribution in [0, 0.1) is 0 Å². The van der Waals surface area contributed by atoms with Crippen LogP contribution in [0.1, 0.15) is 35.9 Å². The lowest BCUT2D eigenvalue weighted by atomic mass is 10.0. The predicted molar refractivity (Wildman–Crippen MR) is 72.2 cm³/mol. The molecule has 0 bridgehead atoms. The molecule has 0 aromatic heterocycles. The molecule has 1 rings (SSSR count). The summed E-state index contributed by atoms with van der Waals surface area (Å²) in [6, 6.07) is 4.09. The third kappa shape index (κ3) is 4.34. The summed E-state index contributed by atoms with van der Waals surface area (Å²) in [5.41, 5.74) is 0.447. The Bertz CT molecular complexity index is 486. The van der Waals surface area contributed by atoms with Crippen molar-refractivity contribution >= 4 is 22.7 Å². The maximum atomic E-state index is 11.1. The lowest BCUT2D eigenvalue weighted by Gasteiger charge is -2.18. The summed E-state index contributed by atoms with van der Waals surface area (Å²) in [4.78, 5) is 21.9. The van der Waals surface area contributed by atoms with E-state index in [1.165, 1.54) is 32.0 Å². The molecule has 0 saturated heterocycles. The average Bonchev–Trinajstić information content (AvgIpc) is 2.34. The maximum Gasteiger partial charge on any atom is 0.185 e. The Kier molecular flexibility index (Phi) is 5.53. The first-order valence-electron chi connectivity index (χ1n) is 5.66. The lowest BCUT2D eigenvalue weighted by Crippen LogP contribution is -2.21. The topological polar surface area (TPSA) is 94.8 Å². The number of aliphatic hydroxyl groups is 2. The summed E-state index contributed by atoms with van der Waals surface area (Å²) >= 11 is 0.909. The van der Waals surface area contributed by atoms with Gasteiger partial charge in [0.05, 0.1) is 11.7 Å². The number of aliphatic hydroxyl groups excluding tert-OH is 2. The van der Waals surface area contributed by atoms with Crippen LogP contribution >= 0.6 is 11.8 Å². The molecule has 5 nitrogen and oxygen atoms in total. The van der Waals surface area contributed by atoms with E-state index in [-0.39, 0.29) is 28.0 Å². The largest absolute Gasteiger partial charge is 0.507 e. The van der Waals surface area contributed by atoms with E-state index in [0.717, 1.165) is 11.8 Å². The van der Waals surface area contributed by atoms with Crippen molar-refractivity contribution in [1.82, 2.24) is 0 Å². The number of Topliss-reactive ketones (excluding diaryl/α,β-unsaturated/α-hetero) is 1. The van der Waals surface area contributed by atoms with Crippen molar-refractivity contribution in [3.05, 3.63) is 29.3 Å². The van der Waals surface area contributed by atoms with Gasteiger partial charge in [-0.1, -0.05) is 17.8 Å². The van der Waals surface area contributed by atoms with Crippen LogP contribution in [-0.2, 0) is 4.79 Å². The second-order valence-electron chi connectivity index (χ2n) is 4.15. The van der Waals surface area contributed by atoms with Gasteiger partial charge in [0.1, 0.15) is 11.9 Å². The van der Waals surface area contributed by atoms with Gasteiger partial charge < -0.3 is 15.3 Å². The van der Waals surface area contributed by atoms with Gasteiger partial charge in [-0.25, -0.2) is 0 Å². The molecule has 19 heavy (non-hydrogen) atoms. The summed E-state index contributed by atoms with van der Waals surface area (Å²) in [6.45, 7) is 2.70. The van der Waals surface area contributed by atoms with E-state index in [1.807, 2.05) is 0 Å². The minimum absolute atomic E-state index is 0.0612. The number of ketones is 1. The first-order valence-corrected chi connectivity index (χ1v) is 6.64. The van der Waals surface area contributed by atoms with Crippen molar-refractivity contribution in [2.75, 3.05) is 5.75 Å². The number of phenolic OH excluding ortho intramolecular Hbond substituents is 1. The molecular formula is C13H16O5S. The van der Waals surface area contributed by atoms with Crippen molar-refractivity contribution in [1.29, 1.82) is 0 Å². The molecule has 1 aromatic rings. The van der Waals surface area contributed by atoms with E-state index in [4.69, 9.17) is 0 Å². The molecule has 0 aliphatic heterocycles. The van der Waals surface area contributed by atoms with Crippen LogP contribution in [0.3, 0.4) is 0 Å². The number of rotatable bonds is 5. The molecule has 0 aliphatic carbocycles. The third-order valence-electron chi connectivity index (χ3n) is 2.56. The second kappa shape index (κ2) is 6.70. The Morgan fingerprint density at radius 3 is 2.37 bits per heavy atom. The minimum atomic E-state index is -1.22. The zero-order chi connectivity index (χ0) is 14.6. The molecular weight excluding hydrogens is 268 g/mol. The predicted octanol–water partition coefficient (Wildman–Crippen LogP) is 1.27. The number of benzene rings is 1. The molecule has 0 aliphatic rings. The quantitative estimate of drug-likeness (QED) is 0.705. The second-order valence-corrected chi connectivity index (χ2v) is 5.34. The SMILES string of the molecule is CC(=O)SCC(O)C(O)c1ccc(C(C)=O)c(O)c1. The van der Waals surface area contributed by atoms with E-state index in [2.05, 4.69) is 0 Å². The Morgan fingerprint density at radius 2 is 1.89 bits per heavy atom. The fourth-order valence-electron chi connectivity index (χ4n) is 1.55. The number of hydrogen-bond donors (Lipinski definition) is 3. The van der Waals surface area contributed by atoms with E-state index in [1.54, 1.807) is 0 Å². The highest BCUT2D eigenvalue weighted by atomic mass is 32.2. The Balaban J connectivity index is 2.82. The highest BCUT2D eigenvalue weighted by molar-refractivity contribution is 8.13. The lowest BCUT2D eigenvalue weighted by molar-refractivity contribution is -0.109. The molecule has 1 aromatic carbocycles. The van der Waals surface area contributed by atoms with Gasteiger partial charge in [0.2, 0.25) is 0 Å². The Hall–Kier alpha value is -1.37. The summed E-state index contributed by atoms with van der Waals surface area (Å²) in [5.74, 6) is -0.465. The third-order valence-corrected chi connectivity index (χ3v) is 3.48. The minimum Gasteiger partial charge on any atom is -0.507 e. The normalized spacial score (nSPS) is 13.9. The van der Waals surface area contributed by atoms with Crippen LogP contribution in [0.4, 0.5) is 0 Å². The van der Waals surface area contributed by atoms with Crippen molar-refractivity contribution < 1.29 is 24.9 Å². The first kappa shape index (κ1) is 15.7. The van der Waals surface area contributed by atoms with E-state index in [0.29, 0.717) is 5.56 Å². The van der Waals surface area contributed by atoms with Gasteiger partial charge in [0.15, 0.2) is 10.9 Å². The van der Waals surface area contributed by atoms with Crippen LogP contribution in [0.5, 0.6) is 5.75 Å². The van der Waals surface area contributed by atoms with Crippen LogP contribution in [0.25, 0.3) is 0 Å². The van der Waals surface area contributed by atoms with E-state index < -0.39 is 12.2 Å². The molecule has 0 fully saturated rings. The average molecular weight is 284 g/mol. The van der Waals surface area contributed by atoms with Gasteiger partial charge in [-0.15, -0.1) is 0 Å². The molecule has 0 saturated carbocycles. The molecule has 6 heteroatoms. The molecule has 0 radical (unpaired) electrons. The molecule has 104 valence electrons. The Labute approximate surface area is 115 Å². The number of carbonyl (C=O) groups is 2.